The first-order chi connectivity index (χ1) is 13.5. The second-order valence-electron chi connectivity index (χ2n) is 7.27. The Balaban J connectivity index is 1.46. The van der Waals surface area contributed by atoms with Gasteiger partial charge in [-0.05, 0) is 43.2 Å². The Hall–Kier alpha value is -3.08. The Morgan fingerprint density at radius 1 is 1.11 bits per heavy atom. The lowest BCUT2D eigenvalue weighted by atomic mass is 9.99. The number of carbonyl (C=O) groups is 1. The number of para-hydroxylation sites is 3. The third kappa shape index (κ3) is 3.52. The van der Waals surface area contributed by atoms with Gasteiger partial charge < -0.3 is 14.4 Å². The van der Waals surface area contributed by atoms with E-state index in [0.717, 1.165) is 39.2 Å². The van der Waals surface area contributed by atoms with E-state index in [1.807, 2.05) is 56.4 Å². The van der Waals surface area contributed by atoms with Crippen molar-refractivity contribution in [2.24, 2.45) is 0 Å². The van der Waals surface area contributed by atoms with Crippen LogP contribution in [0.25, 0.3) is 10.9 Å². The molecule has 1 aliphatic heterocycles. The van der Waals surface area contributed by atoms with Gasteiger partial charge in [-0.15, -0.1) is 0 Å². The number of hydrogen-bond acceptors (Lipinski definition) is 4. The smallest absolute Gasteiger partial charge is 0.226 e. The number of ether oxygens (including phenoxy) is 2. The molecule has 5 heteroatoms. The molecule has 0 saturated carbocycles. The average molecular weight is 376 g/mol. The number of rotatable bonds is 4. The minimum atomic E-state index is -0.180. The number of nitrogens with zero attached hydrogens (tertiary/aromatic N) is 2. The lowest BCUT2D eigenvalue weighted by Gasteiger charge is -2.29. The van der Waals surface area contributed by atoms with E-state index in [1.165, 1.54) is 0 Å². The number of amides is 1. The molecule has 1 aliphatic rings. The van der Waals surface area contributed by atoms with E-state index >= 15 is 0 Å². The van der Waals surface area contributed by atoms with Crippen LogP contribution in [-0.4, -0.2) is 42.1 Å². The van der Waals surface area contributed by atoms with Crippen molar-refractivity contribution in [3.63, 3.8) is 0 Å². The summed E-state index contributed by atoms with van der Waals surface area (Å²) in [4.78, 5) is 19.3. The van der Waals surface area contributed by atoms with Crippen LogP contribution in [0.4, 0.5) is 0 Å². The van der Waals surface area contributed by atoms with Gasteiger partial charge in [0.05, 0.1) is 18.5 Å². The first-order valence-corrected chi connectivity index (χ1v) is 9.50. The van der Waals surface area contributed by atoms with E-state index < -0.39 is 0 Å². The SMILES string of the molecule is Cc1nc2ccccc2c(C)c1CC(=O)N(C)C[C@H]1COc2ccccc2O1. The Bertz CT molecular complexity index is 1030. The second kappa shape index (κ2) is 7.50. The van der Waals surface area contributed by atoms with Crippen LogP contribution >= 0.6 is 0 Å². The normalized spacial score (nSPS) is 15.5. The van der Waals surface area contributed by atoms with Gasteiger partial charge in [-0.25, -0.2) is 0 Å². The molecule has 0 radical (unpaired) electrons. The summed E-state index contributed by atoms with van der Waals surface area (Å²) in [6, 6.07) is 15.7. The quantitative estimate of drug-likeness (QED) is 0.697. The van der Waals surface area contributed by atoms with Crippen molar-refractivity contribution in [2.75, 3.05) is 20.2 Å². The zero-order valence-electron chi connectivity index (χ0n) is 16.4. The van der Waals surface area contributed by atoms with Gasteiger partial charge in [-0.3, -0.25) is 9.78 Å². The van der Waals surface area contributed by atoms with Gasteiger partial charge in [-0.2, -0.15) is 0 Å². The summed E-state index contributed by atoms with van der Waals surface area (Å²) in [5, 5.41) is 1.10. The van der Waals surface area contributed by atoms with Crippen LogP contribution in [0, 0.1) is 13.8 Å². The molecule has 2 heterocycles. The standard InChI is InChI=1S/C23H24N2O3/c1-15-18-8-4-5-9-20(18)24-16(2)19(15)12-23(26)25(3)13-17-14-27-21-10-6-7-11-22(21)28-17/h4-11,17H,12-14H2,1-3H3/t17-/m0/s1. The molecule has 4 rings (SSSR count). The molecule has 0 fully saturated rings. The van der Waals surface area contributed by atoms with Crippen LogP contribution in [0.5, 0.6) is 11.5 Å². The molecule has 2 aromatic carbocycles. The molecule has 0 saturated heterocycles. The molecular formula is C23H24N2O3. The average Bonchev–Trinajstić information content (AvgIpc) is 2.70. The van der Waals surface area contributed by atoms with E-state index in [9.17, 15) is 4.79 Å². The number of aryl methyl sites for hydroxylation is 2. The van der Waals surface area contributed by atoms with Crippen LogP contribution in [0.15, 0.2) is 48.5 Å². The lowest BCUT2D eigenvalue weighted by molar-refractivity contribution is -0.130. The first-order valence-electron chi connectivity index (χ1n) is 9.50. The molecule has 1 atom stereocenters. The molecule has 0 N–H and O–H groups in total. The molecule has 3 aromatic rings. The summed E-state index contributed by atoms with van der Waals surface area (Å²) in [7, 11) is 1.81. The maximum atomic E-state index is 12.9. The van der Waals surface area contributed by atoms with Crippen LogP contribution in [0.3, 0.4) is 0 Å². The molecule has 0 bridgehead atoms. The molecule has 5 nitrogen and oxygen atoms in total. The van der Waals surface area contributed by atoms with E-state index in [2.05, 4.69) is 18.0 Å². The van der Waals surface area contributed by atoms with E-state index in [0.29, 0.717) is 19.6 Å². The fourth-order valence-corrected chi connectivity index (χ4v) is 3.68. The summed E-state index contributed by atoms with van der Waals surface area (Å²) >= 11 is 0. The van der Waals surface area contributed by atoms with Crippen molar-refractivity contribution >= 4 is 16.8 Å². The highest BCUT2D eigenvalue weighted by atomic mass is 16.6. The Kier molecular flexibility index (Phi) is 4.90. The number of hydrogen-bond donors (Lipinski definition) is 0. The van der Waals surface area contributed by atoms with Crippen molar-refractivity contribution < 1.29 is 14.3 Å². The largest absolute Gasteiger partial charge is 0.486 e. The molecule has 1 aromatic heterocycles. The first kappa shape index (κ1) is 18.3. The molecule has 28 heavy (non-hydrogen) atoms. The molecule has 144 valence electrons. The maximum absolute atomic E-state index is 12.9. The van der Waals surface area contributed by atoms with Crippen LogP contribution in [0.2, 0.25) is 0 Å². The number of carbonyl (C=O) groups excluding carboxylic acids is 1. The van der Waals surface area contributed by atoms with E-state index in [4.69, 9.17) is 9.47 Å². The Morgan fingerprint density at radius 3 is 2.64 bits per heavy atom. The van der Waals surface area contributed by atoms with E-state index in [-0.39, 0.29) is 12.0 Å². The number of fused-ring (bicyclic) bond motifs is 2. The van der Waals surface area contributed by atoms with E-state index in [1.54, 1.807) is 4.90 Å². The molecule has 0 unspecified atom stereocenters. The minimum absolute atomic E-state index is 0.0470. The van der Waals surface area contributed by atoms with Gasteiger partial charge in [0.25, 0.3) is 0 Å². The van der Waals surface area contributed by atoms with Crippen molar-refractivity contribution in [3.05, 3.63) is 65.4 Å². The molecule has 0 spiro atoms. The third-order valence-electron chi connectivity index (χ3n) is 5.28. The third-order valence-corrected chi connectivity index (χ3v) is 5.28. The summed E-state index contributed by atoms with van der Waals surface area (Å²) in [6.45, 7) is 4.95. The van der Waals surface area contributed by atoms with Crippen molar-refractivity contribution in [1.29, 1.82) is 0 Å². The van der Waals surface area contributed by atoms with Gasteiger partial charge in [-0.1, -0.05) is 30.3 Å². The van der Waals surface area contributed by atoms with Crippen molar-refractivity contribution in [1.82, 2.24) is 9.88 Å². The summed E-state index contributed by atoms with van der Waals surface area (Å²) in [5.74, 6) is 1.52. The Labute approximate surface area is 164 Å². The molecule has 0 aliphatic carbocycles. The van der Waals surface area contributed by atoms with Gasteiger partial charge >= 0.3 is 0 Å². The number of benzene rings is 2. The topological polar surface area (TPSA) is 51.7 Å². The zero-order valence-corrected chi connectivity index (χ0v) is 16.4. The Morgan fingerprint density at radius 2 is 1.82 bits per heavy atom. The van der Waals surface area contributed by atoms with Gasteiger partial charge in [0, 0.05) is 18.1 Å². The van der Waals surface area contributed by atoms with Crippen LogP contribution in [0.1, 0.15) is 16.8 Å². The zero-order chi connectivity index (χ0) is 19.7. The highest BCUT2D eigenvalue weighted by Crippen LogP contribution is 2.31. The van der Waals surface area contributed by atoms with Gasteiger partial charge in [0.15, 0.2) is 17.6 Å². The fourth-order valence-electron chi connectivity index (χ4n) is 3.68. The highest BCUT2D eigenvalue weighted by molar-refractivity contribution is 5.86. The van der Waals surface area contributed by atoms with Crippen molar-refractivity contribution in [2.45, 2.75) is 26.4 Å². The number of pyridine rings is 1. The van der Waals surface area contributed by atoms with Gasteiger partial charge in [0.2, 0.25) is 5.91 Å². The van der Waals surface area contributed by atoms with Crippen LogP contribution in [-0.2, 0) is 11.2 Å². The summed E-state index contributed by atoms with van der Waals surface area (Å²) in [6.07, 6.45) is 0.150. The summed E-state index contributed by atoms with van der Waals surface area (Å²) < 4.78 is 11.7. The molecule has 1 amide bonds. The predicted molar refractivity (Wildman–Crippen MR) is 109 cm³/mol. The lowest BCUT2D eigenvalue weighted by Crippen LogP contribution is -2.42. The predicted octanol–water partition coefficient (Wildman–Crippen LogP) is 3.69. The molecular weight excluding hydrogens is 352 g/mol. The monoisotopic (exact) mass is 376 g/mol. The number of aromatic nitrogens is 1. The number of likely N-dealkylation sites (N-methyl/N-ethyl adjacent to an activating group) is 1. The van der Waals surface area contributed by atoms with Gasteiger partial charge in [0.1, 0.15) is 6.61 Å². The van der Waals surface area contributed by atoms with Crippen LogP contribution < -0.4 is 9.47 Å². The summed E-state index contributed by atoms with van der Waals surface area (Å²) in [5.41, 5.74) is 4.00. The maximum Gasteiger partial charge on any atom is 0.226 e. The minimum Gasteiger partial charge on any atom is -0.486 e. The van der Waals surface area contributed by atoms with Crippen molar-refractivity contribution in [3.8, 4) is 11.5 Å². The highest BCUT2D eigenvalue weighted by Gasteiger charge is 2.24. The second-order valence-corrected chi connectivity index (χ2v) is 7.27. The fraction of sp³-hybridized carbons (Fsp3) is 0.304.